The van der Waals surface area contributed by atoms with Crippen molar-refractivity contribution in [2.45, 2.75) is 38.7 Å². The summed E-state index contributed by atoms with van der Waals surface area (Å²) in [5.41, 5.74) is 1.63. The van der Waals surface area contributed by atoms with E-state index in [-0.39, 0.29) is 12.0 Å². The molecule has 1 amide bonds. The van der Waals surface area contributed by atoms with Crippen LogP contribution in [0.5, 0.6) is 0 Å². The summed E-state index contributed by atoms with van der Waals surface area (Å²) in [5.74, 6) is 0.344. The zero-order valence-corrected chi connectivity index (χ0v) is 14.3. The average Bonchev–Trinajstić information content (AvgIpc) is 3.26. The zero-order chi connectivity index (χ0) is 16.2. The quantitative estimate of drug-likeness (QED) is 0.912. The van der Waals surface area contributed by atoms with Gasteiger partial charge in [-0.25, -0.2) is 4.98 Å². The van der Waals surface area contributed by atoms with Crippen LogP contribution in [0, 0.1) is 0 Å². The molecule has 1 saturated heterocycles. The van der Waals surface area contributed by atoms with Crippen LogP contribution >= 0.6 is 11.3 Å². The van der Waals surface area contributed by atoms with Crippen molar-refractivity contribution in [3.8, 4) is 0 Å². The molecule has 1 N–H and O–H groups in total. The third-order valence-corrected chi connectivity index (χ3v) is 5.18. The Hall–Kier alpha value is -1.73. The topological polar surface area (TPSA) is 71.1 Å². The minimum atomic E-state index is -0.0642. The molecule has 0 unspecified atom stereocenters. The van der Waals surface area contributed by atoms with Gasteiger partial charge in [0.15, 0.2) is 0 Å². The molecule has 3 rings (SSSR count). The second-order valence-corrected chi connectivity index (χ2v) is 6.66. The van der Waals surface area contributed by atoms with Crippen LogP contribution < -0.4 is 0 Å². The van der Waals surface area contributed by atoms with E-state index in [9.17, 15) is 4.79 Å². The lowest BCUT2D eigenvalue weighted by atomic mass is 9.95. The van der Waals surface area contributed by atoms with Gasteiger partial charge in [0.2, 0.25) is 0 Å². The number of carbonyl (C=O) groups is 1. The van der Waals surface area contributed by atoms with E-state index in [1.807, 2.05) is 30.2 Å². The highest BCUT2D eigenvalue weighted by molar-refractivity contribution is 7.09. The number of piperidine rings is 1. The molecule has 0 radical (unpaired) electrons. The van der Waals surface area contributed by atoms with Crippen molar-refractivity contribution in [1.29, 1.82) is 0 Å². The van der Waals surface area contributed by atoms with E-state index >= 15 is 0 Å². The first-order valence-corrected chi connectivity index (χ1v) is 8.92. The third kappa shape index (κ3) is 3.61. The Kier molecular flexibility index (Phi) is 5.07. The number of ether oxygens (including phenoxy) is 1. The van der Waals surface area contributed by atoms with E-state index < -0.39 is 0 Å². The molecule has 3 heterocycles. The van der Waals surface area contributed by atoms with Crippen molar-refractivity contribution < 1.29 is 9.53 Å². The Morgan fingerprint density at radius 1 is 1.61 bits per heavy atom. The summed E-state index contributed by atoms with van der Waals surface area (Å²) in [6.07, 6.45) is 3.78. The van der Waals surface area contributed by atoms with Gasteiger partial charge in [0, 0.05) is 42.9 Å². The number of aromatic amines is 1. The lowest BCUT2D eigenvalue weighted by Gasteiger charge is -2.31. The number of likely N-dealkylation sites (tertiary alicyclic amines) is 1. The summed E-state index contributed by atoms with van der Waals surface area (Å²) >= 11 is 1.49. The molecule has 1 aliphatic rings. The van der Waals surface area contributed by atoms with Gasteiger partial charge in [-0.2, -0.15) is 5.10 Å². The van der Waals surface area contributed by atoms with Crippen molar-refractivity contribution in [2.24, 2.45) is 0 Å². The molecule has 124 valence electrons. The molecule has 2 atom stereocenters. The van der Waals surface area contributed by atoms with Crippen molar-refractivity contribution in [1.82, 2.24) is 20.1 Å². The standard InChI is InChI=1S/C16H22N4O2S/c1-3-22-11(2)15-18-14(10-23-15)16(21)20-8-4-5-12(9-20)13-6-7-17-19-13/h6-7,10-12H,3-5,8-9H2,1-2H3,(H,17,19)/t11-,12+/m1/s1. The maximum Gasteiger partial charge on any atom is 0.273 e. The number of H-pyrrole nitrogens is 1. The van der Waals surface area contributed by atoms with Gasteiger partial charge in [0.05, 0.1) is 0 Å². The highest BCUT2D eigenvalue weighted by Gasteiger charge is 2.27. The van der Waals surface area contributed by atoms with E-state index in [1.54, 1.807) is 6.20 Å². The number of amides is 1. The molecule has 0 saturated carbocycles. The molecule has 2 aromatic heterocycles. The normalized spacial score (nSPS) is 19.7. The van der Waals surface area contributed by atoms with Gasteiger partial charge in [-0.05, 0) is 32.8 Å². The highest BCUT2D eigenvalue weighted by Crippen LogP contribution is 2.27. The van der Waals surface area contributed by atoms with E-state index in [2.05, 4.69) is 15.2 Å². The fourth-order valence-electron chi connectivity index (χ4n) is 2.97. The van der Waals surface area contributed by atoms with Crippen LogP contribution in [0.1, 0.15) is 59.9 Å². The fraction of sp³-hybridized carbons (Fsp3) is 0.562. The second kappa shape index (κ2) is 7.23. The molecule has 2 aromatic rings. The van der Waals surface area contributed by atoms with Gasteiger partial charge in [0.1, 0.15) is 16.8 Å². The van der Waals surface area contributed by atoms with E-state index in [0.717, 1.165) is 36.6 Å². The zero-order valence-electron chi connectivity index (χ0n) is 13.5. The number of aromatic nitrogens is 3. The molecular weight excluding hydrogens is 312 g/mol. The third-order valence-electron chi connectivity index (χ3n) is 4.18. The largest absolute Gasteiger partial charge is 0.372 e. The molecule has 6 nitrogen and oxygen atoms in total. The van der Waals surface area contributed by atoms with Crippen LogP contribution in [0.15, 0.2) is 17.6 Å². The molecule has 0 spiro atoms. The lowest BCUT2D eigenvalue weighted by molar-refractivity contribution is 0.0691. The van der Waals surface area contributed by atoms with E-state index in [0.29, 0.717) is 18.2 Å². The summed E-state index contributed by atoms with van der Waals surface area (Å²) < 4.78 is 5.54. The Bertz CT molecular complexity index is 640. The highest BCUT2D eigenvalue weighted by atomic mass is 32.1. The van der Waals surface area contributed by atoms with Crippen LogP contribution in [-0.2, 0) is 4.74 Å². The Balaban J connectivity index is 1.68. The number of rotatable bonds is 5. The summed E-state index contributed by atoms with van der Waals surface area (Å²) in [6, 6.07) is 1.99. The van der Waals surface area contributed by atoms with Crippen molar-refractivity contribution in [2.75, 3.05) is 19.7 Å². The van der Waals surface area contributed by atoms with Crippen molar-refractivity contribution in [3.63, 3.8) is 0 Å². The van der Waals surface area contributed by atoms with Gasteiger partial charge >= 0.3 is 0 Å². The maximum atomic E-state index is 12.7. The summed E-state index contributed by atoms with van der Waals surface area (Å²) in [6.45, 7) is 6.07. The molecule has 0 aliphatic carbocycles. The number of hydrogen-bond donors (Lipinski definition) is 1. The van der Waals surface area contributed by atoms with Crippen molar-refractivity contribution >= 4 is 17.2 Å². The first-order valence-electron chi connectivity index (χ1n) is 8.04. The van der Waals surface area contributed by atoms with E-state index in [1.165, 1.54) is 11.3 Å². The monoisotopic (exact) mass is 334 g/mol. The summed E-state index contributed by atoms with van der Waals surface area (Å²) in [5, 5.41) is 9.73. The predicted molar refractivity (Wildman–Crippen MR) is 88.6 cm³/mol. The molecule has 0 bridgehead atoms. The molecule has 1 fully saturated rings. The Morgan fingerprint density at radius 3 is 3.22 bits per heavy atom. The number of thiazole rings is 1. The molecule has 1 aliphatic heterocycles. The average molecular weight is 334 g/mol. The van der Waals surface area contributed by atoms with Gasteiger partial charge in [-0.3, -0.25) is 9.89 Å². The van der Waals surface area contributed by atoms with Crippen LogP contribution in [-0.4, -0.2) is 45.7 Å². The predicted octanol–water partition coefficient (Wildman–Crippen LogP) is 2.98. The molecule has 0 aromatic carbocycles. The number of hydrogen-bond acceptors (Lipinski definition) is 5. The molecule has 23 heavy (non-hydrogen) atoms. The summed E-state index contributed by atoms with van der Waals surface area (Å²) in [4.78, 5) is 19.1. The summed E-state index contributed by atoms with van der Waals surface area (Å²) in [7, 11) is 0. The number of nitrogens with one attached hydrogen (secondary N) is 1. The molecule has 7 heteroatoms. The Labute approximate surface area is 139 Å². The fourth-order valence-corrected chi connectivity index (χ4v) is 3.76. The van der Waals surface area contributed by atoms with Gasteiger partial charge < -0.3 is 9.64 Å². The smallest absolute Gasteiger partial charge is 0.273 e. The van der Waals surface area contributed by atoms with Crippen LogP contribution in [0.2, 0.25) is 0 Å². The Morgan fingerprint density at radius 2 is 2.48 bits per heavy atom. The SMILES string of the molecule is CCO[C@H](C)c1nc(C(=O)N2CCC[C@H](c3ccn[nH]3)C2)cs1. The first-order chi connectivity index (χ1) is 11.2. The van der Waals surface area contributed by atoms with Crippen LogP contribution in [0.3, 0.4) is 0 Å². The van der Waals surface area contributed by atoms with Gasteiger partial charge in [-0.1, -0.05) is 0 Å². The maximum absolute atomic E-state index is 12.7. The van der Waals surface area contributed by atoms with Crippen LogP contribution in [0.4, 0.5) is 0 Å². The number of nitrogens with zero attached hydrogens (tertiary/aromatic N) is 3. The lowest BCUT2D eigenvalue weighted by Crippen LogP contribution is -2.39. The first kappa shape index (κ1) is 16.1. The minimum Gasteiger partial charge on any atom is -0.372 e. The van der Waals surface area contributed by atoms with E-state index in [4.69, 9.17) is 4.74 Å². The van der Waals surface area contributed by atoms with Crippen molar-refractivity contribution in [3.05, 3.63) is 34.0 Å². The second-order valence-electron chi connectivity index (χ2n) is 5.77. The number of carbonyl (C=O) groups excluding carboxylic acids is 1. The van der Waals surface area contributed by atoms with Gasteiger partial charge in [0.25, 0.3) is 5.91 Å². The van der Waals surface area contributed by atoms with Gasteiger partial charge in [-0.15, -0.1) is 11.3 Å². The molecular formula is C16H22N4O2S. The van der Waals surface area contributed by atoms with Crippen LogP contribution in [0.25, 0.3) is 0 Å². The minimum absolute atomic E-state index is 0.0143.